The molecule has 2 heterocycles. The lowest BCUT2D eigenvalue weighted by Gasteiger charge is -2.23. The average Bonchev–Trinajstić information content (AvgIpc) is 2.77. The predicted molar refractivity (Wildman–Crippen MR) is 70.9 cm³/mol. The molecule has 1 aliphatic carbocycles. The van der Waals surface area contributed by atoms with E-state index in [-0.39, 0.29) is 0 Å². The summed E-state index contributed by atoms with van der Waals surface area (Å²) in [5.74, 6) is 1.00. The first-order valence-electron chi connectivity index (χ1n) is 6.04. The fourth-order valence-electron chi connectivity index (χ4n) is 2.66. The van der Waals surface area contributed by atoms with Gasteiger partial charge in [-0.1, -0.05) is 30.7 Å². The number of pyridine rings is 1. The van der Waals surface area contributed by atoms with Crippen LogP contribution in [0.1, 0.15) is 25.3 Å². The summed E-state index contributed by atoms with van der Waals surface area (Å²) in [5.41, 5.74) is 3.70. The number of nitrogens with zero attached hydrogens (tertiary/aromatic N) is 1. The molecule has 2 heteroatoms. The van der Waals surface area contributed by atoms with Gasteiger partial charge in [0.2, 0.25) is 0 Å². The second-order valence-corrected chi connectivity index (χ2v) is 4.79. The molecule has 0 saturated heterocycles. The van der Waals surface area contributed by atoms with Gasteiger partial charge in [0.15, 0.2) is 0 Å². The largest absolute Gasteiger partial charge is 0.346 e. The van der Waals surface area contributed by atoms with Crippen LogP contribution in [0.2, 0.25) is 0 Å². The monoisotopic (exact) mass is 224 g/mol. The van der Waals surface area contributed by atoms with E-state index in [9.17, 15) is 0 Å². The van der Waals surface area contributed by atoms with Crippen molar-refractivity contribution < 1.29 is 0 Å². The highest BCUT2D eigenvalue weighted by molar-refractivity contribution is 5.80. The number of H-pyrrole nitrogens is 1. The second-order valence-electron chi connectivity index (χ2n) is 4.79. The van der Waals surface area contributed by atoms with Crippen molar-refractivity contribution in [2.75, 3.05) is 0 Å². The number of hydrogen-bond acceptors (Lipinski definition) is 1. The summed E-state index contributed by atoms with van der Waals surface area (Å²) >= 11 is 0. The summed E-state index contributed by atoms with van der Waals surface area (Å²) in [6, 6.07) is 4.25. The van der Waals surface area contributed by atoms with Gasteiger partial charge < -0.3 is 4.98 Å². The second kappa shape index (κ2) is 3.88. The number of rotatable bonds is 1. The minimum atomic E-state index is 0.458. The van der Waals surface area contributed by atoms with E-state index in [0.29, 0.717) is 11.8 Å². The number of aromatic amines is 1. The van der Waals surface area contributed by atoms with Gasteiger partial charge in [0, 0.05) is 23.7 Å². The van der Waals surface area contributed by atoms with Crippen molar-refractivity contribution in [3.63, 3.8) is 0 Å². The minimum Gasteiger partial charge on any atom is -0.346 e. The van der Waals surface area contributed by atoms with Crippen LogP contribution in [0.5, 0.6) is 0 Å². The van der Waals surface area contributed by atoms with E-state index in [1.54, 1.807) is 0 Å². The summed E-state index contributed by atoms with van der Waals surface area (Å²) < 4.78 is 0. The maximum absolute atomic E-state index is 4.34. The minimum absolute atomic E-state index is 0.458. The van der Waals surface area contributed by atoms with Crippen LogP contribution in [0.4, 0.5) is 0 Å². The highest BCUT2D eigenvalue weighted by Gasteiger charge is 2.20. The molecule has 1 aliphatic rings. The Kier molecular flexibility index (Phi) is 2.36. The van der Waals surface area contributed by atoms with Gasteiger partial charge in [-0.15, -0.1) is 0 Å². The molecule has 2 atom stereocenters. The van der Waals surface area contributed by atoms with E-state index in [4.69, 9.17) is 0 Å². The Bertz CT molecular complexity index is 604. The Labute approximate surface area is 101 Å². The normalized spacial score (nSPS) is 24.0. The number of allylic oxidation sites excluding steroid dienone is 4. The Morgan fingerprint density at radius 1 is 1.29 bits per heavy atom. The summed E-state index contributed by atoms with van der Waals surface area (Å²) in [7, 11) is 0. The van der Waals surface area contributed by atoms with Crippen molar-refractivity contribution in [1.82, 2.24) is 9.97 Å². The maximum atomic E-state index is 4.34. The van der Waals surface area contributed by atoms with Crippen LogP contribution in [0, 0.1) is 5.92 Å². The van der Waals surface area contributed by atoms with Crippen LogP contribution in [-0.2, 0) is 0 Å². The van der Waals surface area contributed by atoms with Crippen LogP contribution in [0.25, 0.3) is 11.0 Å². The Morgan fingerprint density at radius 2 is 2.18 bits per heavy atom. The molecular formula is C15H16N2. The molecule has 2 aromatic rings. The molecule has 0 aliphatic heterocycles. The van der Waals surface area contributed by atoms with Crippen molar-refractivity contribution in [3.8, 4) is 0 Å². The number of nitrogens with one attached hydrogen (secondary N) is 1. The van der Waals surface area contributed by atoms with Crippen molar-refractivity contribution in [1.29, 1.82) is 0 Å². The van der Waals surface area contributed by atoms with E-state index in [2.05, 4.69) is 54.2 Å². The van der Waals surface area contributed by atoms with Gasteiger partial charge in [-0.05, 0) is 30.5 Å². The van der Waals surface area contributed by atoms with Gasteiger partial charge in [-0.3, -0.25) is 0 Å². The number of fused-ring (bicyclic) bond motifs is 1. The first-order valence-corrected chi connectivity index (χ1v) is 6.04. The first kappa shape index (κ1) is 10.3. The third-order valence-electron chi connectivity index (χ3n) is 3.51. The highest BCUT2D eigenvalue weighted by Crippen LogP contribution is 2.34. The van der Waals surface area contributed by atoms with Gasteiger partial charge in [0.25, 0.3) is 0 Å². The molecule has 2 unspecified atom stereocenters. The molecule has 0 fully saturated rings. The Hall–Kier alpha value is -1.83. The smallest absolute Gasteiger partial charge is 0.137 e. The molecular weight excluding hydrogens is 208 g/mol. The van der Waals surface area contributed by atoms with Crippen LogP contribution >= 0.6 is 0 Å². The zero-order valence-corrected chi connectivity index (χ0v) is 10.1. The molecule has 0 bridgehead atoms. The van der Waals surface area contributed by atoms with Crippen LogP contribution < -0.4 is 0 Å². The topological polar surface area (TPSA) is 28.7 Å². The Morgan fingerprint density at radius 3 is 3.00 bits per heavy atom. The summed E-state index contributed by atoms with van der Waals surface area (Å²) in [5, 5.41) is 1.24. The molecule has 3 rings (SSSR count). The first-order chi connectivity index (χ1) is 8.25. The molecule has 0 radical (unpaired) electrons. The van der Waals surface area contributed by atoms with Crippen molar-refractivity contribution in [2.24, 2.45) is 5.92 Å². The number of aromatic nitrogens is 2. The third kappa shape index (κ3) is 1.70. The Balaban J connectivity index is 2.10. The highest BCUT2D eigenvalue weighted by atomic mass is 14.8. The molecule has 0 aromatic carbocycles. The summed E-state index contributed by atoms with van der Waals surface area (Å²) in [6.45, 7) is 4.43. The van der Waals surface area contributed by atoms with E-state index in [1.807, 2.05) is 12.4 Å². The third-order valence-corrected chi connectivity index (χ3v) is 3.51. The summed E-state index contributed by atoms with van der Waals surface area (Å²) in [4.78, 5) is 7.51. The molecule has 0 spiro atoms. The zero-order chi connectivity index (χ0) is 11.8. The molecule has 1 N–H and O–H groups in total. The fraction of sp³-hybridized carbons (Fsp3) is 0.267. The van der Waals surface area contributed by atoms with E-state index >= 15 is 0 Å². The quantitative estimate of drug-likeness (QED) is 0.784. The van der Waals surface area contributed by atoms with Gasteiger partial charge in [-0.2, -0.15) is 0 Å². The molecule has 0 amide bonds. The van der Waals surface area contributed by atoms with Crippen LogP contribution in [0.3, 0.4) is 0 Å². The number of hydrogen-bond donors (Lipinski definition) is 1. The standard InChI is InChI=1S/C15H16N2/c1-10-3-4-12(11(2)9-10)13-5-7-16-15-14(13)6-8-17-15/h3-9,11-12H,1-2H3,(H,16,17). The lowest BCUT2D eigenvalue weighted by molar-refractivity contribution is 0.633. The average molecular weight is 224 g/mol. The molecule has 0 saturated carbocycles. The van der Waals surface area contributed by atoms with Gasteiger partial charge in [0.1, 0.15) is 5.65 Å². The van der Waals surface area contributed by atoms with E-state index in [0.717, 1.165) is 5.65 Å². The lowest BCUT2D eigenvalue weighted by atomic mass is 9.82. The van der Waals surface area contributed by atoms with Gasteiger partial charge in [-0.25, -0.2) is 4.98 Å². The van der Waals surface area contributed by atoms with E-state index in [1.165, 1.54) is 16.5 Å². The SMILES string of the molecule is CC1=CC(C)C(c2ccnc3[nH]ccc23)C=C1. The summed E-state index contributed by atoms with van der Waals surface area (Å²) in [6.07, 6.45) is 10.7. The van der Waals surface area contributed by atoms with Gasteiger partial charge >= 0.3 is 0 Å². The van der Waals surface area contributed by atoms with Crippen molar-refractivity contribution in [2.45, 2.75) is 19.8 Å². The predicted octanol–water partition coefficient (Wildman–Crippen LogP) is 3.80. The molecule has 2 nitrogen and oxygen atoms in total. The van der Waals surface area contributed by atoms with Crippen molar-refractivity contribution >= 4 is 11.0 Å². The fourth-order valence-corrected chi connectivity index (χ4v) is 2.66. The van der Waals surface area contributed by atoms with Crippen molar-refractivity contribution in [3.05, 3.63) is 53.9 Å². The van der Waals surface area contributed by atoms with Crippen LogP contribution in [0.15, 0.2) is 48.3 Å². The lowest BCUT2D eigenvalue weighted by Crippen LogP contribution is -2.09. The van der Waals surface area contributed by atoms with E-state index < -0.39 is 0 Å². The molecule has 17 heavy (non-hydrogen) atoms. The van der Waals surface area contributed by atoms with Crippen LogP contribution in [-0.4, -0.2) is 9.97 Å². The van der Waals surface area contributed by atoms with Gasteiger partial charge in [0.05, 0.1) is 0 Å². The maximum Gasteiger partial charge on any atom is 0.137 e. The molecule has 2 aromatic heterocycles. The molecule has 86 valence electrons. The zero-order valence-electron chi connectivity index (χ0n) is 10.1.